The maximum absolute atomic E-state index is 5.59. The van der Waals surface area contributed by atoms with Crippen molar-refractivity contribution in [3.8, 4) is 0 Å². The van der Waals surface area contributed by atoms with Crippen molar-refractivity contribution < 1.29 is 9.32 Å². The van der Waals surface area contributed by atoms with Gasteiger partial charge in [-0.2, -0.15) is 5.90 Å². The van der Waals surface area contributed by atoms with Crippen LogP contribution >= 0.6 is 46.9 Å². The molecule has 27 heavy (non-hydrogen) atoms. The van der Waals surface area contributed by atoms with E-state index in [1.807, 2.05) is 30.5 Å². The SMILES string of the molecule is C[N+]1(c2ccc(I)cn2)CCN(C(=S)Nc2ccc(SOON)cc2)CC1. The molecular weight excluding hydrogens is 497 g/mol. The second kappa shape index (κ2) is 9.45. The van der Waals surface area contributed by atoms with E-state index in [0.29, 0.717) is 0 Å². The van der Waals surface area contributed by atoms with Crippen molar-refractivity contribution in [2.24, 2.45) is 5.90 Å². The molecule has 0 bridgehead atoms. The molecule has 1 aromatic carbocycles. The molecule has 7 nitrogen and oxygen atoms in total. The number of halogens is 1. The van der Waals surface area contributed by atoms with Crippen LogP contribution in [-0.4, -0.2) is 48.2 Å². The Bertz CT molecular complexity index is 768. The van der Waals surface area contributed by atoms with Crippen LogP contribution in [0.1, 0.15) is 0 Å². The van der Waals surface area contributed by atoms with Crippen LogP contribution in [0.4, 0.5) is 11.5 Å². The van der Waals surface area contributed by atoms with Gasteiger partial charge in [-0.1, -0.05) is 0 Å². The van der Waals surface area contributed by atoms with E-state index in [2.05, 4.69) is 66.3 Å². The first-order valence-electron chi connectivity index (χ1n) is 8.33. The molecule has 3 rings (SSSR count). The normalized spacial score (nSPS) is 16.2. The summed E-state index contributed by atoms with van der Waals surface area (Å²) >= 11 is 8.92. The molecular formula is C17H21IN5O2S2+. The van der Waals surface area contributed by atoms with E-state index in [4.69, 9.17) is 18.1 Å². The number of rotatable bonds is 5. The van der Waals surface area contributed by atoms with Gasteiger partial charge in [0.1, 0.15) is 13.1 Å². The van der Waals surface area contributed by atoms with Crippen LogP contribution < -0.4 is 15.7 Å². The Balaban J connectivity index is 1.54. The fourth-order valence-electron chi connectivity index (χ4n) is 2.88. The molecule has 1 aromatic heterocycles. The minimum absolute atomic E-state index is 0.735. The van der Waals surface area contributed by atoms with Gasteiger partial charge in [-0.05, 0) is 65.1 Å². The van der Waals surface area contributed by atoms with Gasteiger partial charge in [0.05, 0.1) is 32.2 Å². The Labute approximate surface area is 182 Å². The van der Waals surface area contributed by atoms with Gasteiger partial charge in [0.25, 0.3) is 0 Å². The molecule has 3 N–H and O–H groups in total. The fourth-order valence-corrected chi connectivity index (χ4v) is 3.87. The van der Waals surface area contributed by atoms with Crippen molar-refractivity contribution in [3.63, 3.8) is 0 Å². The molecule has 0 atom stereocenters. The number of anilines is 1. The van der Waals surface area contributed by atoms with E-state index in [1.54, 1.807) is 0 Å². The number of thiocarbonyl (C=S) groups is 1. The molecule has 10 heteroatoms. The summed E-state index contributed by atoms with van der Waals surface area (Å²) in [6.45, 7) is 3.68. The van der Waals surface area contributed by atoms with Gasteiger partial charge in [0.15, 0.2) is 5.11 Å². The highest BCUT2D eigenvalue weighted by molar-refractivity contribution is 14.1. The fraction of sp³-hybridized carbons (Fsp3) is 0.294. The Morgan fingerprint density at radius 3 is 2.56 bits per heavy atom. The molecule has 144 valence electrons. The first-order chi connectivity index (χ1) is 13.0. The van der Waals surface area contributed by atoms with E-state index < -0.39 is 0 Å². The zero-order chi connectivity index (χ0) is 19.3. The highest BCUT2D eigenvalue weighted by Gasteiger charge is 2.32. The molecule has 0 spiro atoms. The van der Waals surface area contributed by atoms with Crippen molar-refractivity contribution >= 4 is 63.5 Å². The second-order valence-electron chi connectivity index (χ2n) is 6.37. The summed E-state index contributed by atoms with van der Waals surface area (Å²) in [5.74, 6) is 5.94. The van der Waals surface area contributed by atoms with Crippen LogP contribution in [0.25, 0.3) is 0 Å². The van der Waals surface area contributed by atoms with Crippen LogP contribution in [0.15, 0.2) is 47.5 Å². The minimum Gasteiger partial charge on any atom is -0.338 e. The third kappa shape index (κ3) is 5.50. The second-order valence-corrected chi connectivity index (χ2v) is 8.77. The molecule has 0 unspecified atom stereocenters. The van der Waals surface area contributed by atoms with E-state index in [0.717, 1.165) is 67.8 Å². The van der Waals surface area contributed by atoms with Crippen molar-refractivity contribution in [2.75, 3.05) is 38.5 Å². The maximum Gasteiger partial charge on any atom is 0.227 e. The summed E-state index contributed by atoms with van der Waals surface area (Å²) in [5.41, 5.74) is 0.931. The average Bonchev–Trinajstić information content (AvgIpc) is 2.68. The Kier molecular flexibility index (Phi) is 7.25. The third-order valence-electron chi connectivity index (χ3n) is 4.55. The summed E-state index contributed by atoms with van der Waals surface area (Å²) in [6, 6.07) is 11.9. The molecule has 2 heterocycles. The first-order valence-corrected chi connectivity index (χ1v) is 10.6. The molecule has 1 aliphatic heterocycles. The molecule has 2 aromatic rings. The van der Waals surface area contributed by atoms with Gasteiger partial charge in [0, 0.05) is 26.4 Å². The van der Waals surface area contributed by atoms with Crippen LogP contribution in [0.3, 0.4) is 0 Å². The lowest BCUT2D eigenvalue weighted by Gasteiger charge is -2.41. The van der Waals surface area contributed by atoms with E-state index >= 15 is 0 Å². The largest absolute Gasteiger partial charge is 0.338 e. The number of hydrogen-bond donors (Lipinski definition) is 2. The Morgan fingerprint density at radius 2 is 1.96 bits per heavy atom. The minimum atomic E-state index is 0.735. The number of aromatic nitrogens is 1. The van der Waals surface area contributed by atoms with Gasteiger partial charge in [-0.3, -0.25) is 4.48 Å². The number of nitrogens with one attached hydrogen (secondary N) is 1. The number of piperazine rings is 1. The zero-order valence-electron chi connectivity index (χ0n) is 14.8. The van der Waals surface area contributed by atoms with Crippen LogP contribution in [-0.2, 0) is 9.32 Å². The molecule has 1 aliphatic rings. The summed E-state index contributed by atoms with van der Waals surface area (Å²) < 4.78 is 6.61. The monoisotopic (exact) mass is 518 g/mol. The summed E-state index contributed by atoms with van der Waals surface area (Å²) in [7, 11) is 2.23. The number of hydrogen-bond acceptors (Lipinski definition) is 6. The van der Waals surface area contributed by atoms with Crippen molar-refractivity contribution in [1.82, 2.24) is 14.4 Å². The number of pyridine rings is 1. The number of likely N-dealkylation sites (N-methyl/N-ethyl adjacent to an activating group) is 1. The van der Waals surface area contributed by atoms with Gasteiger partial charge in [0.2, 0.25) is 5.82 Å². The molecule has 0 aliphatic carbocycles. The summed E-state index contributed by atoms with van der Waals surface area (Å²) in [4.78, 5) is 11.8. The lowest BCUT2D eigenvalue weighted by molar-refractivity contribution is -0.195. The van der Waals surface area contributed by atoms with E-state index in [9.17, 15) is 0 Å². The molecule has 0 saturated carbocycles. The Hall–Kier alpha value is -1.02. The van der Waals surface area contributed by atoms with Gasteiger partial charge in [-0.25, -0.2) is 4.98 Å². The third-order valence-corrected chi connectivity index (χ3v) is 6.16. The summed E-state index contributed by atoms with van der Waals surface area (Å²) in [6.07, 6.45) is 1.92. The summed E-state index contributed by atoms with van der Waals surface area (Å²) in [5, 5.41) is 4.03. The molecule has 0 radical (unpaired) electrons. The van der Waals surface area contributed by atoms with Gasteiger partial charge in [-0.15, -0.1) is 9.32 Å². The number of nitrogens with two attached hydrogens (primary N) is 1. The van der Waals surface area contributed by atoms with Crippen LogP contribution in [0.5, 0.6) is 0 Å². The van der Waals surface area contributed by atoms with Gasteiger partial charge >= 0.3 is 0 Å². The quantitative estimate of drug-likeness (QED) is 0.156. The van der Waals surface area contributed by atoms with Crippen molar-refractivity contribution in [3.05, 3.63) is 46.2 Å². The maximum atomic E-state index is 5.59. The highest BCUT2D eigenvalue weighted by Crippen LogP contribution is 2.23. The molecule has 1 saturated heterocycles. The molecule has 0 amide bonds. The van der Waals surface area contributed by atoms with Crippen molar-refractivity contribution in [2.45, 2.75) is 4.90 Å². The van der Waals surface area contributed by atoms with Crippen LogP contribution in [0.2, 0.25) is 0 Å². The number of quaternary nitrogens is 1. The first kappa shape index (κ1) is 20.7. The lowest BCUT2D eigenvalue weighted by Crippen LogP contribution is -2.60. The van der Waals surface area contributed by atoms with E-state index in [1.165, 1.54) is 0 Å². The Morgan fingerprint density at radius 1 is 1.26 bits per heavy atom. The topological polar surface area (TPSA) is 72.6 Å². The predicted octanol–water partition coefficient (Wildman–Crippen LogP) is 3.16. The van der Waals surface area contributed by atoms with E-state index in [-0.39, 0.29) is 0 Å². The standard InChI is InChI=1S/C17H20IN5O2S2/c1-23(16-7-2-13(18)12-20-16)10-8-22(9-11-23)17(26)21-14-3-5-15(6-4-14)27-25-24-19/h2-7,12H,8-11,19H2,1H3/p+1. The van der Waals surface area contributed by atoms with Crippen molar-refractivity contribution in [1.29, 1.82) is 0 Å². The molecule has 1 fully saturated rings. The lowest BCUT2D eigenvalue weighted by atomic mass is 10.2. The number of nitrogens with zero attached hydrogens (tertiary/aromatic N) is 3. The zero-order valence-corrected chi connectivity index (χ0v) is 18.6. The van der Waals surface area contributed by atoms with Gasteiger partial charge < -0.3 is 10.2 Å². The number of benzene rings is 1. The smallest absolute Gasteiger partial charge is 0.227 e. The van der Waals surface area contributed by atoms with Crippen LogP contribution in [0, 0.1) is 3.57 Å². The predicted molar refractivity (Wildman–Crippen MR) is 121 cm³/mol. The average molecular weight is 518 g/mol. The highest BCUT2D eigenvalue weighted by atomic mass is 127.